The maximum absolute atomic E-state index is 13.0. The van der Waals surface area contributed by atoms with E-state index in [9.17, 15) is 9.18 Å². The molecule has 1 fully saturated rings. The van der Waals surface area contributed by atoms with Crippen molar-refractivity contribution < 1.29 is 18.7 Å². The highest BCUT2D eigenvalue weighted by Gasteiger charge is 2.21. The van der Waals surface area contributed by atoms with Crippen molar-refractivity contribution >= 4 is 11.7 Å². The van der Waals surface area contributed by atoms with Gasteiger partial charge in [0.1, 0.15) is 19.0 Å². The third kappa shape index (κ3) is 4.07. The van der Waals surface area contributed by atoms with E-state index in [1.807, 2.05) is 18.2 Å². The molecule has 2 amide bonds. The number of carbonyl (C=O) groups excluding carboxylic acids is 1. The minimum atomic E-state index is -0.240. The van der Waals surface area contributed by atoms with E-state index in [-0.39, 0.29) is 11.8 Å². The summed E-state index contributed by atoms with van der Waals surface area (Å²) < 4.78 is 24.1. The van der Waals surface area contributed by atoms with Gasteiger partial charge in [0.15, 0.2) is 11.5 Å². The molecular formula is C20H22FN3O3. The van der Waals surface area contributed by atoms with Crippen LogP contribution in [0.25, 0.3) is 0 Å². The summed E-state index contributed by atoms with van der Waals surface area (Å²) in [4.78, 5) is 16.4. The fourth-order valence-electron chi connectivity index (χ4n) is 3.31. The van der Waals surface area contributed by atoms with Crippen molar-refractivity contribution in [1.82, 2.24) is 10.2 Å². The van der Waals surface area contributed by atoms with Crippen LogP contribution in [0.3, 0.4) is 0 Å². The van der Waals surface area contributed by atoms with Gasteiger partial charge in [0.05, 0.1) is 0 Å². The normalized spacial score (nSPS) is 16.2. The summed E-state index contributed by atoms with van der Waals surface area (Å²) >= 11 is 0. The largest absolute Gasteiger partial charge is 0.486 e. The number of ether oxygens (including phenoxy) is 2. The Hall–Kier alpha value is -2.96. The van der Waals surface area contributed by atoms with Crippen molar-refractivity contribution in [2.75, 3.05) is 44.3 Å². The average molecular weight is 371 g/mol. The topological polar surface area (TPSA) is 54.0 Å². The molecule has 2 heterocycles. The number of fused-ring (bicyclic) bond motifs is 1. The Morgan fingerprint density at radius 2 is 1.67 bits per heavy atom. The van der Waals surface area contributed by atoms with E-state index in [4.69, 9.17) is 9.47 Å². The molecule has 2 aromatic carbocycles. The van der Waals surface area contributed by atoms with E-state index in [2.05, 4.69) is 10.2 Å². The summed E-state index contributed by atoms with van der Waals surface area (Å²) in [5, 5.41) is 2.96. The summed E-state index contributed by atoms with van der Waals surface area (Å²) in [6, 6.07) is 12.1. The quantitative estimate of drug-likeness (QED) is 0.901. The third-order valence-electron chi connectivity index (χ3n) is 4.81. The Labute approximate surface area is 157 Å². The lowest BCUT2D eigenvalue weighted by Gasteiger charge is -2.36. The summed E-state index contributed by atoms with van der Waals surface area (Å²) in [5.41, 5.74) is 1.95. The van der Waals surface area contributed by atoms with Crippen LogP contribution in [0.4, 0.5) is 14.9 Å². The number of hydrogen-bond acceptors (Lipinski definition) is 4. The number of hydrogen-bond donors (Lipinski definition) is 1. The number of amides is 2. The minimum absolute atomic E-state index is 0.0800. The van der Waals surface area contributed by atoms with E-state index in [0.29, 0.717) is 32.8 Å². The molecule has 2 aliphatic heterocycles. The van der Waals surface area contributed by atoms with Gasteiger partial charge in [0.2, 0.25) is 0 Å². The van der Waals surface area contributed by atoms with E-state index in [0.717, 1.165) is 35.8 Å². The molecule has 0 spiro atoms. The average Bonchev–Trinajstić information content (AvgIpc) is 2.72. The van der Waals surface area contributed by atoms with Gasteiger partial charge in [-0.25, -0.2) is 9.18 Å². The monoisotopic (exact) mass is 371 g/mol. The van der Waals surface area contributed by atoms with Crippen LogP contribution < -0.4 is 19.7 Å². The Morgan fingerprint density at radius 3 is 2.41 bits per heavy atom. The van der Waals surface area contributed by atoms with Crippen LogP contribution in [0.1, 0.15) is 5.56 Å². The molecule has 0 saturated carbocycles. The van der Waals surface area contributed by atoms with Crippen LogP contribution in [0, 0.1) is 5.82 Å². The lowest BCUT2D eigenvalue weighted by atomic mass is 10.2. The highest BCUT2D eigenvalue weighted by Crippen LogP contribution is 2.30. The number of nitrogens with one attached hydrogen (secondary N) is 1. The first-order valence-corrected chi connectivity index (χ1v) is 9.11. The molecule has 6 nitrogen and oxygen atoms in total. The Morgan fingerprint density at radius 1 is 0.963 bits per heavy atom. The lowest BCUT2D eigenvalue weighted by Crippen LogP contribution is -2.51. The standard InChI is InChI=1S/C20H22FN3O3/c21-16-2-4-17(5-3-16)23-7-9-24(10-8-23)20(25)22-14-15-1-6-18-19(13-15)27-12-11-26-18/h1-6,13H,7-12,14H2,(H,22,25). The smallest absolute Gasteiger partial charge is 0.317 e. The second-order valence-corrected chi connectivity index (χ2v) is 6.59. The molecule has 0 aromatic heterocycles. The molecule has 0 radical (unpaired) electrons. The number of piperazine rings is 1. The molecule has 1 saturated heterocycles. The SMILES string of the molecule is O=C(NCc1ccc2c(c1)OCCO2)N1CCN(c2ccc(F)cc2)CC1. The first-order valence-electron chi connectivity index (χ1n) is 9.11. The molecule has 1 N–H and O–H groups in total. The molecule has 4 rings (SSSR count). The molecule has 0 aliphatic carbocycles. The fourth-order valence-corrected chi connectivity index (χ4v) is 3.31. The van der Waals surface area contributed by atoms with Crippen molar-refractivity contribution in [3.8, 4) is 11.5 Å². The number of rotatable bonds is 3. The van der Waals surface area contributed by atoms with Crippen molar-refractivity contribution in [1.29, 1.82) is 0 Å². The first-order chi connectivity index (χ1) is 13.2. The number of anilines is 1. The molecule has 2 aliphatic rings. The number of halogens is 1. The number of carbonyl (C=O) groups is 1. The maximum Gasteiger partial charge on any atom is 0.317 e. The van der Waals surface area contributed by atoms with Crippen LogP contribution in [-0.2, 0) is 6.54 Å². The molecule has 7 heteroatoms. The number of benzene rings is 2. The Bertz CT molecular complexity index is 805. The summed E-state index contributed by atoms with van der Waals surface area (Å²) in [7, 11) is 0. The first kappa shape index (κ1) is 17.5. The van der Waals surface area contributed by atoms with Crippen molar-refractivity contribution in [2.24, 2.45) is 0 Å². The second kappa shape index (κ2) is 7.73. The highest BCUT2D eigenvalue weighted by molar-refractivity contribution is 5.74. The van der Waals surface area contributed by atoms with E-state index >= 15 is 0 Å². The van der Waals surface area contributed by atoms with Gasteiger partial charge in [-0.1, -0.05) is 6.07 Å². The molecule has 0 bridgehead atoms. The van der Waals surface area contributed by atoms with Gasteiger partial charge < -0.3 is 24.6 Å². The van der Waals surface area contributed by atoms with Gasteiger partial charge in [-0.2, -0.15) is 0 Å². The zero-order valence-corrected chi connectivity index (χ0v) is 15.0. The Kier molecular flexibility index (Phi) is 5.00. The van der Waals surface area contributed by atoms with Crippen molar-refractivity contribution in [2.45, 2.75) is 6.54 Å². The van der Waals surface area contributed by atoms with E-state index in [1.165, 1.54) is 12.1 Å². The maximum atomic E-state index is 13.0. The van der Waals surface area contributed by atoms with E-state index < -0.39 is 0 Å². The van der Waals surface area contributed by atoms with Gasteiger partial charge in [-0.15, -0.1) is 0 Å². The van der Waals surface area contributed by atoms with Crippen LogP contribution in [0.15, 0.2) is 42.5 Å². The van der Waals surface area contributed by atoms with Crippen LogP contribution >= 0.6 is 0 Å². The molecule has 27 heavy (non-hydrogen) atoms. The van der Waals surface area contributed by atoms with Gasteiger partial charge >= 0.3 is 6.03 Å². The summed E-state index contributed by atoms with van der Waals surface area (Å²) in [6.45, 7) is 4.25. The van der Waals surface area contributed by atoms with Gasteiger partial charge in [-0.05, 0) is 42.0 Å². The summed E-state index contributed by atoms with van der Waals surface area (Å²) in [5.74, 6) is 1.23. The predicted molar refractivity (Wildman–Crippen MR) is 99.9 cm³/mol. The summed E-state index contributed by atoms with van der Waals surface area (Å²) in [6.07, 6.45) is 0. The zero-order chi connectivity index (χ0) is 18.6. The minimum Gasteiger partial charge on any atom is -0.486 e. The second-order valence-electron chi connectivity index (χ2n) is 6.59. The van der Waals surface area contributed by atoms with Crippen molar-refractivity contribution in [3.05, 3.63) is 53.8 Å². The predicted octanol–water partition coefficient (Wildman–Crippen LogP) is 2.63. The van der Waals surface area contributed by atoms with E-state index in [1.54, 1.807) is 17.0 Å². The molecule has 0 atom stereocenters. The molecule has 2 aromatic rings. The third-order valence-corrected chi connectivity index (χ3v) is 4.81. The highest BCUT2D eigenvalue weighted by atomic mass is 19.1. The zero-order valence-electron chi connectivity index (χ0n) is 15.0. The van der Waals surface area contributed by atoms with Crippen LogP contribution in [0.2, 0.25) is 0 Å². The number of nitrogens with zero attached hydrogens (tertiary/aromatic N) is 2. The van der Waals surface area contributed by atoms with Gasteiger partial charge in [-0.3, -0.25) is 0 Å². The van der Waals surface area contributed by atoms with Crippen molar-refractivity contribution in [3.63, 3.8) is 0 Å². The molecular weight excluding hydrogens is 349 g/mol. The van der Waals surface area contributed by atoms with Crippen LogP contribution in [-0.4, -0.2) is 50.3 Å². The van der Waals surface area contributed by atoms with Gasteiger partial charge in [0.25, 0.3) is 0 Å². The van der Waals surface area contributed by atoms with Gasteiger partial charge in [0, 0.05) is 38.4 Å². The van der Waals surface area contributed by atoms with Crippen LogP contribution in [0.5, 0.6) is 11.5 Å². The lowest BCUT2D eigenvalue weighted by molar-refractivity contribution is 0.171. The molecule has 142 valence electrons. The Balaban J connectivity index is 1.28. The molecule has 0 unspecified atom stereocenters. The number of urea groups is 1. The fraction of sp³-hybridized carbons (Fsp3) is 0.350.